The van der Waals surface area contributed by atoms with Gasteiger partial charge in [-0.3, -0.25) is 4.79 Å². The molecule has 2 rings (SSSR count). The van der Waals surface area contributed by atoms with E-state index < -0.39 is 6.29 Å². The minimum atomic E-state index is -0.408. The van der Waals surface area contributed by atoms with Gasteiger partial charge in [0.05, 0.1) is 0 Å². The Balaban J connectivity index is 0.000000238. The molecule has 0 bridgehead atoms. The average molecular weight is 354 g/mol. The minimum Gasteiger partial charge on any atom is -0.350 e. The summed E-state index contributed by atoms with van der Waals surface area (Å²) < 4.78 is 10.1. The Kier molecular flexibility index (Phi) is 9.37. The highest BCUT2D eigenvalue weighted by Gasteiger charge is 2.10. The number of aldehydes is 1. The fraction of sp³-hybridized carbons (Fsp3) is 0.357. The van der Waals surface area contributed by atoms with Gasteiger partial charge in [-0.15, -0.1) is 0 Å². The summed E-state index contributed by atoms with van der Waals surface area (Å²) in [4.78, 5) is 26.3. The predicted molar refractivity (Wildman–Crippen MR) is 89.8 cm³/mol. The summed E-state index contributed by atoms with van der Waals surface area (Å²) in [7, 11) is 3.16. The van der Waals surface area contributed by atoms with E-state index in [4.69, 9.17) is 9.47 Å². The largest absolute Gasteiger partial charge is 0.350 e. The summed E-state index contributed by atoms with van der Waals surface area (Å²) in [6.45, 7) is 0. The highest BCUT2D eigenvalue weighted by atomic mass is 32.2. The molecular formula is C14H18N4O3S2. The van der Waals surface area contributed by atoms with Crippen molar-refractivity contribution in [3.8, 4) is 0 Å². The Hall–Kier alpha value is -1.55. The van der Waals surface area contributed by atoms with Gasteiger partial charge in [0, 0.05) is 26.6 Å². The number of hydrogen-bond acceptors (Lipinski definition) is 9. The highest BCUT2D eigenvalue weighted by Crippen LogP contribution is 2.16. The quantitative estimate of drug-likeness (QED) is 0.336. The number of hydrogen-bond donors (Lipinski definition) is 0. The van der Waals surface area contributed by atoms with Crippen LogP contribution in [0.5, 0.6) is 0 Å². The van der Waals surface area contributed by atoms with E-state index in [0.717, 1.165) is 10.9 Å². The standard InChI is InChI=1S/C8H12N2O2S.C6H6N2OS/c1-11-7(12-2)6-4-5-9-8(10-6)13-3;1-10-6-7-3-2-5(4-9)8-6/h4-5,7H,1-3H3;2-4H,1H3. The molecular weight excluding hydrogens is 336 g/mol. The second-order valence-electron chi connectivity index (χ2n) is 3.86. The first kappa shape index (κ1) is 19.5. The van der Waals surface area contributed by atoms with Gasteiger partial charge in [0.1, 0.15) is 11.4 Å². The Morgan fingerprint density at radius 1 is 1.00 bits per heavy atom. The zero-order chi connectivity index (χ0) is 17.1. The predicted octanol–water partition coefficient (Wildman–Crippen LogP) is 2.50. The third-order valence-corrected chi connectivity index (χ3v) is 3.59. The van der Waals surface area contributed by atoms with Crippen LogP contribution >= 0.6 is 23.5 Å². The van der Waals surface area contributed by atoms with Crippen molar-refractivity contribution in [3.05, 3.63) is 35.9 Å². The molecule has 0 atom stereocenters. The first-order chi connectivity index (χ1) is 11.2. The molecule has 0 aromatic carbocycles. The van der Waals surface area contributed by atoms with Crippen LogP contribution in [0, 0.1) is 0 Å². The van der Waals surface area contributed by atoms with E-state index >= 15 is 0 Å². The molecule has 0 aliphatic heterocycles. The molecule has 0 spiro atoms. The van der Waals surface area contributed by atoms with E-state index in [0.29, 0.717) is 17.1 Å². The lowest BCUT2D eigenvalue weighted by Crippen LogP contribution is -2.06. The van der Waals surface area contributed by atoms with Crippen LogP contribution in [0.1, 0.15) is 22.5 Å². The van der Waals surface area contributed by atoms with Crippen molar-refractivity contribution in [3.63, 3.8) is 0 Å². The van der Waals surface area contributed by atoms with Gasteiger partial charge in [0.25, 0.3) is 0 Å². The number of aromatic nitrogens is 4. The fourth-order valence-corrected chi connectivity index (χ4v) is 2.17. The molecule has 23 heavy (non-hydrogen) atoms. The maximum Gasteiger partial charge on any atom is 0.200 e. The van der Waals surface area contributed by atoms with Crippen LogP contribution in [0.2, 0.25) is 0 Å². The zero-order valence-electron chi connectivity index (χ0n) is 13.3. The summed E-state index contributed by atoms with van der Waals surface area (Å²) in [5, 5.41) is 1.35. The molecule has 0 N–H and O–H groups in total. The van der Waals surface area contributed by atoms with Gasteiger partial charge in [-0.25, -0.2) is 19.9 Å². The van der Waals surface area contributed by atoms with E-state index in [2.05, 4.69) is 19.9 Å². The van der Waals surface area contributed by atoms with Gasteiger partial charge < -0.3 is 9.47 Å². The van der Waals surface area contributed by atoms with Crippen LogP contribution in [0.4, 0.5) is 0 Å². The highest BCUT2D eigenvalue weighted by molar-refractivity contribution is 7.98. The average Bonchev–Trinajstić information content (AvgIpc) is 2.63. The van der Waals surface area contributed by atoms with Crippen LogP contribution in [0.3, 0.4) is 0 Å². The summed E-state index contributed by atoms with van der Waals surface area (Å²) in [5.74, 6) is 0. The summed E-state index contributed by atoms with van der Waals surface area (Å²) >= 11 is 2.91. The molecule has 9 heteroatoms. The van der Waals surface area contributed by atoms with E-state index in [1.165, 1.54) is 23.5 Å². The molecule has 2 aromatic rings. The molecule has 0 aliphatic rings. The van der Waals surface area contributed by atoms with Crippen LogP contribution < -0.4 is 0 Å². The van der Waals surface area contributed by atoms with E-state index in [1.807, 2.05) is 12.5 Å². The first-order valence-corrected chi connectivity index (χ1v) is 8.88. The summed E-state index contributed by atoms with van der Waals surface area (Å²) in [6.07, 6.45) is 7.36. The lowest BCUT2D eigenvalue weighted by Gasteiger charge is -2.12. The first-order valence-electron chi connectivity index (χ1n) is 6.43. The Labute approximate surface area is 143 Å². The van der Waals surface area contributed by atoms with Crippen LogP contribution in [-0.2, 0) is 9.47 Å². The van der Waals surface area contributed by atoms with Gasteiger partial charge in [0.15, 0.2) is 16.6 Å². The van der Waals surface area contributed by atoms with Gasteiger partial charge in [0.2, 0.25) is 6.29 Å². The van der Waals surface area contributed by atoms with E-state index in [1.54, 1.807) is 38.7 Å². The van der Waals surface area contributed by atoms with Crippen molar-refractivity contribution >= 4 is 29.8 Å². The number of carbonyl (C=O) groups excluding carboxylic acids is 1. The molecule has 0 saturated carbocycles. The third-order valence-electron chi connectivity index (χ3n) is 2.47. The van der Waals surface area contributed by atoms with Gasteiger partial charge in [-0.05, 0) is 24.6 Å². The molecule has 2 aromatic heterocycles. The van der Waals surface area contributed by atoms with Gasteiger partial charge in [-0.1, -0.05) is 23.5 Å². The number of nitrogens with zero attached hydrogens (tertiary/aromatic N) is 4. The Morgan fingerprint density at radius 2 is 1.57 bits per heavy atom. The molecule has 0 fully saturated rings. The van der Waals surface area contributed by atoms with Crippen molar-refractivity contribution in [2.24, 2.45) is 0 Å². The van der Waals surface area contributed by atoms with Crippen LogP contribution in [0.15, 0.2) is 34.8 Å². The van der Waals surface area contributed by atoms with Crippen molar-refractivity contribution in [2.75, 3.05) is 26.7 Å². The number of methoxy groups -OCH3 is 2. The molecule has 124 valence electrons. The number of rotatable bonds is 6. The number of ether oxygens (including phenoxy) is 2. The van der Waals surface area contributed by atoms with Crippen LogP contribution in [-0.4, -0.2) is 53.0 Å². The number of thioether (sulfide) groups is 2. The zero-order valence-corrected chi connectivity index (χ0v) is 14.9. The van der Waals surface area contributed by atoms with E-state index in [9.17, 15) is 4.79 Å². The monoisotopic (exact) mass is 354 g/mol. The SMILES string of the molecule is COC(OC)c1ccnc(SC)n1.CSc1nccc(C=O)n1. The van der Waals surface area contributed by atoms with Crippen molar-refractivity contribution in [2.45, 2.75) is 16.6 Å². The summed E-state index contributed by atoms with van der Waals surface area (Å²) in [5.41, 5.74) is 1.17. The number of carbonyl (C=O) groups is 1. The maximum absolute atomic E-state index is 10.2. The Morgan fingerprint density at radius 3 is 2.09 bits per heavy atom. The molecule has 0 amide bonds. The van der Waals surface area contributed by atoms with Crippen LogP contribution in [0.25, 0.3) is 0 Å². The molecule has 0 aliphatic carbocycles. The lowest BCUT2D eigenvalue weighted by molar-refractivity contribution is -0.109. The third kappa shape index (κ3) is 6.61. The maximum atomic E-state index is 10.2. The van der Waals surface area contributed by atoms with Crippen molar-refractivity contribution < 1.29 is 14.3 Å². The van der Waals surface area contributed by atoms with Crippen molar-refractivity contribution in [1.29, 1.82) is 0 Å². The Bertz CT molecular complexity index is 612. The fourth-order valence-electron chi connectivity index (χ4n) is 1.44. The molecule has 2 heterocycles. The normalized spacial score (nSPS) is 10.1. The van der Waals surface area contributed by atoms with E-state index in [-0.39, 0.29) is 0 Å². The minimum absolute atomic E-state index is 0.408. The molecule has 0 saturated heterocycles. The summed E-state index contributed by atoms with van der Waals surface area (Å²) in [6, 6.07) is 3.35. The lowest BCUT2D eigenvalue weighted by atomic mass is 10.4. The van der Waals surface area contributed by atoms with Gasteiger partial charge >= 0.3 is 0 Å². The molecule has 7 nitrogen and oxygen atoms in total. The smallest absolute Gasteiger partial charge is 0.200 e. The topological polar surface area (TPSA) is 87.1 Å². The second kappa shape index (κ2) is 11.1. The van der Waals surface area contributed by atoms with Gasteiger partial charge in [-0.2, -0.15) is 0 Å². The second-order valence-corrected chi connectivity index (χ2v) is 5.40. The molecule has 0 radical (unpaired) electrons. The van der Waals surface area contributed by atoms with Crippen molar-refractivity contribution in [1.82, 2.24) is 19.9 Å². The molecule has 0 unspecified atom stereocenters.